The molecule has 0 spiro atoms. The highest BCUT2D eigenvalue weighted by molar-refractivity contribution is 5.85. The van der Waals surface area contributed by atoms with Crippen LogP contribution >= 0.6 is 12.4 Å². The quantitative estimate of drug-likeness (QED) is 0.674. The van der Waals surface area contributed by atoms with Gasteiger partial charge in [-0.25, -0.2) is 0 Å². The fourth-order valence-electron chi connectivity index (χ4n) is 2.34. The molecular formula is C18H30ClN3O2. The monoisotopic (exact) mass is 355 g/mol. The van der Waals surface area contributed by atoms with Crippen molar-refractivity contribution in [3.63, 3.8) is 0 Å². The molecule has 5 nitrogen and oxygen atoms in total. The molecule has 0 aliphatic heterocycles. The first kappa shape index (κ1) is 22.4. The molecule has 1 rings (SSSR count). The van der Waals surface area contributed by atoms with Gasteiger partial charge in [0, 0.05) is 39.0 Å². The van der Waals surface area contributed by atoms with Crippen LogP contribution in [0.25, 0.3) is 0 Å². The molecule has 1 aromatic carbocycles. The van der Waals surface area contributed by atoms with Gasteiger partial charge >= 0.3 is 0 Å². The largest absolute Gasteiger partial charge is 0.356 e. The van der Waals surface area contributed by atoms with Crippen LogP contribution in [0.2, 0.25) is 0 Å². The summed E-state index contributed by atoms with van der Waals surface area (Å²) in [7, 11) is 0. The predicted molar refractivity (Wildman–Crippen MR) is 100 cm³/mol. The van der Waals surface area contributed by atoms with Gasteiger partial charge in [0.25, 0.3) is 0 Å². The van der Waals surface area contributed by atoms with Crippen LogP contribution in [0.15, 0.2) is 30.3 Å². The summed E-state index contributed by atoms with van der Waals surface area (Å²) in [4.78, 5) is 25.6. The molecule has 0 bridgehead atoms. The average molecular weight is 356 g/mol. The minimum Gasteiger partial charge on any atom is -0.356 e. The Morgan fingerprint density at radius 3 is 2.42 bits per heavy atom. The molecule has 0 radical (unpaired) electrons. The number of rotatable bonds is 10. The molecule has 1 aromatic rings. The Hall–Kier alpha value is -1.59. The van der Waals surface area contributed by atoms with Gasteiger partial charge in [0.2, 0.25) is 11.8 Å². The fourth-order valence-corrected chi connectivity index (χ4v) is 2.34. The Morgan fingerprint density at radius 2 is 1.83 bits per heavy atom. The molecule has 0 saturated carbocycles. The summed E-state index contributed by atoms with van der Waals surface area (Å²) in [5, 5.41) is 2.80. The molecular weight excluding hydrogens is 326 g/mol. The van der Waals surface area contributed by atoms with Crippen molar-refractivity contribution in [3.05, 3.63) is 35.9 Å². The van der Waals surface area contributed by atoms with Gasteiger partial charge in [0.15, 0.2) is 0 Å². The number of carbonyl (C=O) groups is 2. The molecule has 0 saturated heterocycles. The number of halogens is 1. The molecule has 0 fully saturated rings. The van der Waals surface area contributed by atoms with Gasteiger partial charge in [-0.05, 0) is 17.9 Å². The topological polar surface area (TPSA) is 75.4 Å². The lowest BCUT2D eigenvalue weighted by atomic mass is 10.1. The summed E-state index contributed by atoms with van der Waals surface area (Å²) in [6, 6.07) is 10.1. The van der Waals surface area contributed by atoms with Gasteiger partial charge in [0.1, 0.15) is 0 Å². The van der Waals surface area contributed by atoms with E-state index in [1.54, 1.807) is 4.90 Å². The molecule has 0 aliphatic rings. The molecule has 0 aromatic heterocycles. The Bertz CT molecular complexity index is 480. The van der Waals surface area contributed by atoms with Crippen LogP contribution < -0.4 is 11.1 Å². The zero-order valence-electron chi connectivity index (χ0n) is 14.7. The zero-order valence-corrected chi connectivity index (χ0v) is 15.5. The highest BCUT2D eigenvalue weighted by Gasteiger charge is 2.13. The highest BCUT2D eigenvalue weighted by Crippen LogP contribution is 2.03. The normalized spacial score (nSPS) is 10.2. The second-order valence-corrected chi connectivity index (χ2v) is 6.10. The Labute approximate surface area is 151 Å². The second kappa shape index (κ2) is 12.8. The lowest BCUT2D eigenvalue weighted by molar-refractivity contribution is -0.131. The van der Waals surface area contributed by atoms with Crippen molar-refractivity contribution in [1.29, 1.82) is 0 Å². The Kier molecular flexibility index (Phi) is 11.9. The van der Waals surface area contributed by atoms with Crippen molar-refractivity contribution in [2.75, 3.05) is 26.2 Å². The summed E-state index contributed by atoms with van der Waals surface area (Å²) in [6.45, 7) is 6.03. The van der Waals surface area contributed by atoms with E-state index in [-0.39, 0.29) is 24.2 Å². The first-order valence-electron chi connectivity index (χ1n) is 8.31. The lowest BCUT2D eigenvalue weighted by Gasteiger charge is -2.22. The molecule has 0 heterocycles. The number of carbonyl (C=O) groups excluding carboxylic acids is 2. The zero-order chi connectivity index (χ0) is 17.1. The van der Waals surface area contributed by atoms with Gasteiger partial charge in [-0.15, -0.1) is 12.4 Å². The van der Waals surface area contributed by atoms with Crippen LogP contribution in [0, 0.1) is 5.92 Å². The van der Waals surface area contributed by atoms with E-state index in [1.807, 2.05) is 32.0 Å². The number of nitrogens with two attached hydrogens (primary N) is 1. The van der Waals surface area contributed by atoms with Crippen molar-refractivity contribution in [2.45, 2.75) is 33.1 Å². The van der Waals surface area contributed by atoms with Gasteiger partial charge in [0.05, 0.1) is 0 Å². The summed E-state index contributed by atoms with van der Waals surface area (Å²) < 4.78 is 0. The smallest absolute Gasteiger partial charge is 0.224 e. The minimum absolute atomic E-state index is 0. The van der Waals surface area contributed by atoms with E-state index >= 15 is 0 Å². The van der Waals surface area contributed by atoms with E-state index < -0.39 is 0 Å². The van der Waals surface area contributed by atoms with E-state index in [2.05, 4.69) is 17.4 Å². The highest BCUT2D eigenvalue weighted by atomic mass is 35.5. The number of nitrogens with zero attached hydrogens (tertiary/aromatic N) is 1. The molecule has 0 atom stereocenters. The molecule has 24 heavy (non-hydrogen) atoms. The van der Waals surface area contributed by atoms with Gasteiger partial charge in [-0.3, -0.25) is 9.59 Å². The maximum atomic E-state index is 12.3. The summed E-state index contributed by atoms with van der Waals surface area (Å²) in [5.41, 5.74) is 6.81. The van der Waals surface area contributed by atoms with Crippen molar-refractivity contribution < 1.29 is 9.59 Å². The van der Waals surface area contributed by atoms with E-state index in [0.717, 1.165) is 6.42 Å². The molecule has 2 amide bonds. The van der Waals surface area contributed by atoms with Crippen molar-refractivity contribution in [2.24, 2.45) is 11.7 Å². The Balaban J connectivity index is 0.00000529. The van der Waals surface area contributed by atoms with Crippen LogP contribution in [0.3, 0.4) is 0 Å². The third-order valence-corrected chi connectivity index (χ3v) is 3.52. The van der Waals surface area contributed by atoms with Crippen molar-refractivity contribution in [3.8, 4) is 0 Å². The minimum atomic E-state index is 0. The van der Waals surface area contributed by atoms with Crippen LogP contribution in [0.1, 0.15) is 32.3 Å². The first-order chi connectivity index (χ1) is 11.0. The lowest BCUT2D eigenvalue weighted by Crippen LogP contribution is -2.39. The third-order valence-electron chi connectivity index (χ3n) is 3.52. The number of benzene rings is 1. The number of hydrogen-bond acceptors (Lipinski definition) is 3. The van der Waals surface area contributed by atoms with Gasteiger partial charge in [-0.2, -0.15) is 0 Å². The van der Waals surface area contributed by atoms with E-state index in [4.69, 9.17) is 5.73 Å². The van der Waals surface area contributed by atoms with E-state index in [9.17, 15) is 9.59 Å². The van der Waals surface area contributed by atoms with Crippen LogP contribution in [-0.2, 0) is 16.0 Å². The predicted octanol–water partition coefficient (Wildman–Crippen LogP) is 1.99. The van der Waals surface area contributed by atoms with Crippen LogP contribution in [-0.4, -0.2) is 42.9 Å². The van der Waals surface area contributed by atoms with Crippen LogP contribution in [0.4, 0.5) is 0 Å². The summed E-state index contributed by atoms with van der Waals surface area (Å²) >= 11 is 0. The number of nitrogens with one attached hydrogen (secondary N) is 1. The Morgan fingerprint density at radius 1 is 1.17 bits per heavy atom. The maximum Gasteiger partial charge on any atom is 0.224 e. The standard InChI is InChI=1S/C18H29N3O2.ClH/c1-15(2)14-17(22)20-11-8-18(23)21(13-10-19)12-9-16-6-4-3-5-7-16;/h3-7,15H,8-14,19H2,1-2H3,(H,20,22);1H. The SMILES string of the molecule is CC(C)CC(=O)NCCC(=O)N(CCN)CCc1ccccc1.Cl. The molecule has 3 N–H and O–H groups in total. The fraction of sp³-hybridized carbons (Fsp3) is 0.556. The first-order valence-corrected chi connectivity index (χ1v) is 8.31. The van der Waals surface area contributed by atoms with Crippen molar-refractivity contribution in [1.82, 2.24) is 10.2 Å². The molecule has 6 heteroatoms. The van der Waals surface area contributed by atoms with Crippen LogP contribution in [0.5, 0.6) is 0 Å². The molecule has 136 valence electrons. The third kappa shape index (κ3) is 9.53. The average Bonchev–Trinajstić information content (AvgIpc) is 2.51. The molecule has 0 unspecified atom stereocenters. The number of amides is 2. The van der Waals surface area contributed by atoms with Gasteiger partial charge < -0.3 is 16.0 Å². The van der Waals surface area contributed by atoms with Gasteiger partial charge in [-0.1, -0.05) is 44.2 Å². The van der Waals surface area contributed by atoms with E-state index in [0.29, 0.717) is 44.9 Å². The van der Waals surface area contributed by atoms with E-state index in [1.165, 1.54) is 5.56 Å². The van der Waals surface area contributed by atoms with Crippen molar-refractivity contribution >= 4 is 24.2 Å². The number of hydrogen-bond donors (Lipinski definition) is 2. The second-order valence-electron chi connectivity index (χ2n) is 6.10. The maximum absolute atomic E-state index is 12.3. The summed E-state index contributed by atoms with van der Waals surface area (Å²) in [5.74, 6) is 0.365. The summed E-state index contributed by atoms with van der Waals surface area (Å²) in [6.07, 6.45) is 1.62. The molecule has 0 aliphatic carbocycles.